The summed E-state index contributed by atoms with van der Waals surface area (Å²) in [6.45, 7) is 1.82. The molecule has 2 aromatic carbocycles. The summed E-state index contributed by atoms with van der Waals surface area (Å²) in [7, 11) is 0. The van der Waals surface area contributed by atoms with Crippen LogP contribution in [0.2, 0.25) is 5.02 Å². The van der Waals surface area contributed by atoms with Crippen molar-refractivity contribution in [1.29, 1.82) is 5.26 Å². The predicted molar refractivity (Wildman–Crippen MR) is 74.4 cm³/mol. The summed E-state index contributed by atoms with van der Waals surface area (Å²) in [6, 6.07) is 11.3. The zero-order valence-corrected chi connectivity index (χ0v) is 11.3. The van der Waals surface area contributed by atoms with Crippen LogP contribution in [0, 0.1) is 18.3 Å². The van der Waals surface area contributed by atoms with E-state index in [0.29, 0.717) is 5.02 Å². The Balaban J connectivity index is 2.50. The number of ether oxygens (including phenoxy) is 1. The van der Waals surface area contributed by atoms with E-state index in [-0.39, 0.29) is 22.6 Å². The molecule has 0 fully saturated rings. The van der Waals surface area contributed by atoms with Crippen LogP contribution < -0.4 is 4.74 Å². The molecule has 0 saturated carbocycles. The van der Waals surface area contributed by atoms with Crippen molar-refractivity contribution in [3.63, 3.8) is 0 Å². The molecule has 0 atom stereocenters. The molecule has 2 rings (SSSR count). The van der Waals surface area contributed by atoms with E-state index in [1.165, 1.54) is 18.2 Å². The molecule has 0 aliphatic carbocycles. The summed E-state index contributed by atoms with van der Waals surface area (Å²) in [5.41, 5.74) is 1.16. The van der Waals surface area contributed by atoms with Crippen LogP contribution in [0.4, 0.5) is 0 Å². The number of hydrogen-bond donors (Lipinski definition) is 1. The van der Waals surface area contributed by atoms with Gasteiger partial charge in [-0.05, 0) is 36.8 Å². The van der Waals surface area contributed by atoms with E-state index in [2.05, 4.69) is 0 Å². The molecule has 0 aliphatic rings. The Kier molecular flexibility index (Phi) is 3.92. The molecule has 0 heterocycles. The van der Waals surface area contributed by atoms with Crippen LogP contribution >= 0.6 is 11.6 Å². The summed E-state index contributed by atoms with van der Waals surface area (Å²) in [4.78, 5) is 11.2. The first kappa shape index (κ1) is 13.9. The lowest BCUT2D eigenvalue weighted by Gasteiger charge is -2.11. The van der Waals surface area contributed by atoms with E-state index in [1.807, 2.05) is 13.0 Å². The lowest BCUT2D eigenvalue weighted by molar-refractivity contribution is 0.0694. The van der Waals surface area contributed by atoms with E-state index in [0.717, 1.165) is 5.56 Å². The first-order chi connectivity index (χ1) is 9.51. The molecule has 100 valence electrons. The summed E-state index contributed by atoms with van der Waals surface area (Å²) in [6.07, 6.45) is 0. The topological polar surface area (TPSA) is 70.3 Å². The molecule has 0 aliphatic heterocycles. The van der Waals surface area contributed by atoms with E-state index in [9.17, 15) is 4.79 Å². The van der Waals surface area contributed by atoms with Crippen LogP contribution in [0.3, 0.4) is 0 Å². The number of carbonyl (C=O) groups is 1. The minimum atomic E-state index is -1.10. The van der Waals surface area contributed by atoms with Crippen molar-refractivity contribution in [2.45, 2.75) is 6.92 Å². The Bertz CT molecular complexity index is 720. The third-order valence-electron chi connectivity index (χ3n) is 2.65. The van der Waals surface area contributed by atoms with Gasteiger partial charge < -0.3 is 9.84 Å². The predicted octanol–water partition coefficient (Wildman–Crippen LogP) is 4.01. The third kappa shape index (κ3) is 2.90. The van der Waals surface area contributed by atoms with Gasteiger partial charge in [0.15, 0.2) is 0 Å². The molecule has 4 nitrogen and oxygen atoms in total. The molecule has 2 aromatic rings. The number of rotatable bonds is 3. The van der Waals surface area contributed by atoms with Crippen LogP contribution in [-0.4, -0.2) is 11.1 Å². The van der Waals surface area contributed by atoms with Gasteiger partial charge in [-0.15, -0.1) is 0 Å². The summed E-state index contributed by atoms with van der Waals surface area (Å²) in [5, 5.41) is 18.6. The van der Waals surface area contributed by atoms with Crippen LogP contribution in [0.15, 0.2) is 36.4 Å². The molecule has 0 spiro atoms. The minimum absolute atomic E-state index is 0.0273. The number of carboxylic acid groups (broad SMARTS) is 1. The number of hydrogen-bond acceptors (Lipinski definition) is 3. The van der Waals surface area contributed by atoms with E-state index in [4.69, 9.17) is 26.7 Å². The monoisotopic (exact) mass is 287 g/mol. The second kappa shape index (κ2) is 5.64. The van der Waals surface area contributed by atoms with Crippen LogP contribution in [0.5, 0.6) is 11.5 Å². The molecular formula is C15H10ClNO3. The highest BCUT2D eigenvalue weighted by atomic mass is 35.5. The van der Waals surface area contributed by atoms with Crippen molar-refractivity contribution in [2.75, 3.05) is 0 Å². The maximum absolute atomic E-state index is 11.2. The quantitative estimate of drug-likeness (QED) is 0.926. The molecule has 5 heteroatoms. The average Bonchev–Trinajstić information content (AvgIpc) is 2.38. The van der Waals surface area contributed by atoms with E-state index >= 15 is 0 Å². The van der Waals surface area contributed by atoms with Crippen molar-refractivity contribution in [2.24, 2.45) is 0 Å². The second-order valence-corrected chi connectivity index (χ2v) is 4.60. The standard InChI is InChI=1S/C15H10ClNO3/c1-9-2-5-12(15(18)19)14(6-9)20-13-7-11(16)4-3-10(13)8-17/h2-7H,1H3,(H,18,19). The molecule has 0 bridgehead atoms. The molecule has 0 radical (unpaired) electrons. The number of nitriles is 1. The van der Waals surface area contributed by atoms with Gasteiger partial charge >= 0.3 is 5.97 Å². The molecule has 20 heavy (non-hydrogen) atoms. The number of carboxylic acids is 1. The Morgan fingerprint density at radius 1 is 1.25 bits per heavy atom. The number of nitrogens with zero attached hydrogens (tertiary/aromatic N) is 1. The maximum Gasteiger partial charge on any atom is 0.339 e. The van der Waals surface area contributed by atoms with Gasteiger partial charge in [0.1, 0.15) is 23.1 Å². The van der Waals surface area contributed by atoms with Crippen LogP contribution in [-0.2, 0) is 0 Å². The number of halogens is 1. The van der Waals surface area contributed by atoms with Gasteiger partial charge in [0.2, 0.25) is 0 Å². The molecule has 0 amide bonds. The molecule has 1 N–H and O–H groups in total. The minimum Gasteiger partial charge on any atom is -0.478 e. The zero-order chi connectivity index (χ0) is 14.7. The zero-order valence-electron chi connectivity index (χ0n) is 10.6. The van der Waals surface area contributed by atoms with Gasteiger partial charge in [-0.1, -0.05) is 17.7 Å². The number of aryl methyl sites for hydroxylation is 1. The molecule has 0 saturated heterocycles. The van der Waals surface area contributed by atoms with Crippen LogP contribution in [0.25, 0.3) is 0 Å². The van der Waals surface area contributed by atoms with E-state index < -0.39 is 5.97 Å². The lowest BCUT2D eigenvalue weighted by Crippen LogP contribution is -2.01. The molecular weight excluding hydrogens is 278 g/mol. The summed E-state index contributed by atoms with van der Waals surface area (Å²) >= 11 is 5.87. The highest BCUT2D eigenvalue weighted by molar-refractivity contribution is 6.30. The van der Waals surface area contributed by atoms with Gasteiger partial charge in [-0.2, -0.15) is 5.26 Å². The first-order valence-corrected chi connectivity index (χ1v) is 6.10. The van der Waals surface area contributed by atoms with Crippen molar-refractivity contribution < 1.29 is 14.6 Å². The van der Waals surface area contributed by atoms with Gasteiger partial charge in [-0.25, -0.2) is 4.79 Å². The normalized spacial score (nSPS) is 9.85. The molecule has 0 unspecified atom stereocenters. The fourth-order valence-corrected chi connectivity index (χ4v) is 1.84. The molecule has 0 aromatic heterocycles. The Labute approximate surface area is 120 Å². The highest BCUT2D eigenvalue weighted by Gasteiger charge is 2.14. The smallest absolute Gasteiger partial charge is 0.339 e. The van der Waals surface area contributed by atoms with Crippen molar-refractivity contribution >= 4 is 17.6 Å². The fourth-order valence-electron chi connectivity index (χ4n) is 1.68. The number of benzene rings is 2. The van der Waals surface area contributed by atoms with Crippen molar-refractivity contribution in [1.82, 2.24) is 0 Å². The Morgan fingerprint density at radius 2 is 2.00 bits per heavy atom. The fraction of sp³-hybridized carbons (Fsp3) is 0.0667. The Morgan fingerprint density at radius 3 is 2.65 bits per heavy atom. The average molecular weight is 288 g/mol. The summed E-state index contributed by atoms with van der Waals surface area (Å²) in [5.74, 6) is -0.690. The van der Waals surface area contributed by atoms with Crippen molar-refractivity contribution in [3.05, 3.63) is 58.1 Å². The largest absolute Gasteiger partial charge is 0.478 e. The Hall–Kier alpha value is -2.51. The third-order valence-corrected chi connectivity index (χ3v) is 2.89. The van der Waals surface area contributed by atoms with Gasteiger partial charge in [0.05, 0.1) is 5.56 Å². The van der Waals surface area contributed by atoms with Gasteiger partial charge in [0.25, 0.3) is 0 Å². The SMILES string of the molecule is Cc1ccc(C(=O)O)c(Oc2cc(Cl)ccc2C#N)c1. The second-order valence-electron chi connectivity index (χ2n) is 4.16. The highest BCUT2D eigenvalue weighted by Crippen LogP contribution is 2.31. The number of aromatic carboxylic acids is 1. The summed E-state index contributed by atoms with van der Waals surface area (Å²) < 4.78 is 5.57. The van der Waals surface area contributed by atoms with Gasteiger partial charge in [-0.3, -0.25) is 0 Å². The maximum atomic E-state index is 11.2. The van der Waals surface area contributed by atoms with E-state index in [1.54, 1.807) is 18.2 Å². The van der Waals surface area contributed by atoms with Crippen molar-refractivity contribution in [3.8, 4) is 17.6 Å². The lowest BCUT2D eigenvalue weighted by atomic mass is 10.1. The van der Waals surface area contributed by atoms with Gasteiger partial charge in [0, 0.05) is 11.1 Å². The van der Waals surface area contributed by atoms with Crippen LogP contribution in [0.1, 0.15) is 21.5 Å². The first-order valence-electron chi connectivity index (χ1n) is 5.72.